The SMILES string of the molecule is O=C(/C=C/c1ccc(OCc2ccccc2)cc1)c1cccc(Br)c1. The van der Waals surface area contributed by atoms with E-state index >= 15 is 0 Å². The molecule has 0 spiro atoms. The maximum atomic E-state index is 12.2. The van der Waals surface area contributed by atoms with E-state index in [0.717, 1.165) is 21.3 Å². The molecule has 3 rings (SSSR count). The molecule has 0 atom stereocenters. The van der Waals surface area contributed by atoms with Crippen LogP contribution in [0.25, 0.3) is 6.08 Å². The molecule has 3 aromatic carbocycles. The lowest BCUT2D eigenvalue weighted by molar-refractivity contribution is 0.104. The van der Waals surface area contributed by atoms with Crippen molar-refractivity contribution in [3.8, 4) is 5.75 Å². The van der Waals surface area contributed by atoms with Gasteiger partial charge in [0.15, 0.2) is 5.78 Å². The monoisotopic (exact) mass is 392 g/mol. The van der Waals surface area contributed by atoms with Crippen LogP contribution in [0.4, 0.5) is 0 Å². The van der Waals surface area contributed by atoms with E-state index in [9.17, 15) is 4.79 Å². The Hall–Kier alpha value is -2.65. The zero-order chi connectivity index (χ0) is 17.5. The minimum atomic E-state index is -0.0225. The highest BCUT2D eigenvalue weighted by Gasteiger charge is 2.02. The first-order valence-electron chi connectivity index (χ1n) is 7.95. The quantitative estimate of drug-likeness (QED) is 0.384. The van der Waals surface area contributed by atoms with Crippen molar-refractivity contribution in [1.29, 1.82) is 0 Å². The molecule has 2 nitrogen and oxygen atoms in total. The average molecular weight is 393 g/mol. The topological polar surface area (TPSA) is 26.3 Å². The second-order valence-corrected chi connectivity index (χ2v) is 6.47. The molecule has 3 heteroatoms. The van der Waals surface area contributed by atoms with Crippen LogP contribution in [-0.4, -0.2) is 5.78 Å². The van der Waals surface area contributed by atoms with Crippen molar-refractivity contribution in [2.24, 2.45) is 0 Å². The number of carbonyl (C=O) groups excluding carboxylic acids is 1. The molecule has 25 heavy (non-hydrogen) atoms. The number of ketones is 1. The second-order valence-electron chi connectivity index (χ2n) is 5.55. The van der Waals surface area contributed by atoms with Gasteiger partial charge in [0.2, 0.25) is 0 Å². The van der Waals surface area contributed by atoms with Gasteiger partial charge in [-0.25, -0.2) is 0 Å². The molecule has 0 aliphatic heterocycles. The minimum Gasteiger partial charge on any atom is -0.489 e. The summed E-state index contributed by atoms with van der Waals surface area (Å²) >= 11 is 3.38. The summed E-state index contributed by atoms with van der Waals surface area (Å²) in [5, 5.41) is 0. The van der Waals surface area contributed by atoms with Crippen LogP contribution in [0.1, 0.15) is 21.5 Å². The number of hydrogen-bond acceptors (Lipinski definition) is 2. The molecular formula is C22H17BrO2. The minimum absolute atomic E-state index is 0.0225. The first-order chi connectivity index (χ1) is 12.2. The lowest BCUT2D eigenvalue weighted by Gasteiger charge is -2.06. The Morgan fingerprint density at radius 3 is 2.40 bits per heavy atom. The third kappa shape index (κ3) is 5.16. The van der Waals surface area contributed by atoms with Crippen molar-refractivity contribution in [2.75, 3.05) is 0 Å². The summed E-state index contributed by atoms with van der Waals surface area (Å²) in [6, 6.07) is 25.1. The highest BCUT2D eigenvalue weighted by Crippen LogP contribution is 2.16. The van der Waals surface area contributed by atoms with E-state index in [1.807, 2.05) is 78.9 Å². The van der Waals surface area contributed by atoms with E-state index < -0.39 is 0 Å². The Kier molecular flexibility index (Phi) is 5.81. The number of rotatable bonds is 6. The zero-order valence-electron chi connectivity index (χ0n) is 13.6. The molecule has 0 fully saturated rings. The molecule has 0 bridgehead atoms. The van der Waals surface area contributed by atoms with E-state index in [4.69, 9.17) is 4.74 Å². The Morgan fingerprint density at radius 2 is 1.68 bits per heavy atom. The van der Waals surface area contributed by atoms with E-state index in [1.54, 1.807) is 12.1 Å². The highest BCUT2D eigenvalue weighted by atomic mass is 79.9. The fourth-order valence-electron chi connectivity index (χ4n) is 2.33. The fraction of sp³-hybridized carbons (Fsp3) is 0.0455. The summed E-state index contributed by atoms with van der Waals surface area (Å²) < 4.78 is 6.65. The van der Waals surface area contributed by atoms with Crippen molar-refractivity contribution in [3.05, 3.63) is 106 Å². The molecule has 0 aromatic heterocycles. The van der Waals surface area contributed by atoms with Gasteiger partial charge in [0.25, 0.3) is 0 Å². The fourth-order valence-corrected chi connectivity index (χ4v) is 2.73. The molecule has 0 aliphatic rings. The van der Waals surface area contributed by atoms with Crippen molar-refractivity contribution < 1.29 is 9.53 Å². The van der Waals surface area contributed by atoms with Crippen LogP contribution in [0.5, 0.6) is 5.75 Å². The maximum absolute atomic E-state index is 12.2. The van der Waals surface area contributed by atoms with Crippen LogP contribution in [-0.2, 0) is 6.61 Å². The molecule has 0 saturated carbocycles. The third-order valence-corrected chi connectivity index (χ3v) is 4.16. The summed E-state index contributed by atoms with van der Waals surface area (Å²) in [6.45, 7) is 0.539. The molecule has 3 aromatic rings. The number of ether oxygens (including phenoxy) is 1. The molecule has 0 radical (unpaired) electrons. The Balaban J connectivity index is 1.59. The molecule has 0 unspecified atom stereocenters. The van der Waals surface area contributed by atoms with Gasteiger partial charge in [0, 0.05) is 10.0 Å². The third-order valence-electron chi connectivity index (χ3n) is 3.66. The van der Waals surface area contributed by atoms with E-state index in [1.165, 1.54) is 0 Å². The van der Waals surface area contributed by atoms with Crippen LogP contribution < -0.4 is 4.74 Å². The normalized spacial score (nSPS) is 10.8. The van der Waals surface area contributed by atoms with E-state index in [0.29, 0.717) is 12.2 Å². The first-order valence-corrected chi connectivity index (χ1v) is 8.75. The van der Waals surface area contributed by atoms with Crippen molar-refractivity contribution in [3.63, 3.8) is 0 Å². The second kappa shape index (κ2) is 8.45. The molecule has 0 aliphatic carbocycles. The van der Waals surface area contributed by atoms with Gasteiger partial charge >= 0.3 is 0 Å². The van der Waals surface area contributed by atoms with Crippen molar-refractivity contribution in [1.82, 2.24) is 0 Å². The van der Waals surface area contributed by atoms with Gasteiger partial charge in [-0.1, -0.05) is 76.6 Å². The van der Waals surface area contributed by atoms with Gasteiger partial charge < -0.3 is 4.74 Å². The molecule has 0 heterocycles. The predicted molar refractivity (Wildman–Crippen MR) is 105 cm³/mol. The zero-order valence-corrected chi connectivity index (χ0v) is 15.1. The molecular weight excluding hydrogens is 376 g/mol. The van der Waals surface area contributed by atoms with E-state index in [2.05, 4.69) is 15.9 Å². The maximum Gasteiger partial charge on any atom is 0.185 e. The van der Waals surface area contributed by atoms with Gasteiger partial charge in [-0.05, 0) is 41.5 Å². The number of benzene rings is 3. The summed E-state index contributed by atoms with van der Waals surface area (Å²) in [4.78, 5) is 12.2. The largest absolute Gasteiger partial charge is 0.489 e. The summed E-state index contributed by atoms with van der Waals surface area (Å²) in [5.41, 5.74) is 2.75. The summed E-state index contributed by atoms with van der Waals surface area (Å²) in [5.74, 6) is 0.782. The molecule has 0 amide bonds. The van der Waals surface area contributed by atoms with Gasteiger partial charge in [-0.3, -0.25) is 4.79 Å². The van der Waals surface area contributed by atoms with Crippen LogP contribution in [0.2, 0.25) is 0 Å². The Morgan fingerprint density at radius 1 is 0.920 bits per heavy atom. The Labute approximate surface area is 155 Å². The van der Waals surface area contributed by atoms with Crippen LogP contribution in [0, 0.1) is 0 Å². The lowest BCUT2D eigenvalue weighted by Crippen LogP contribution is -1.95. The van der Waals surface area contributed by atoms with Gasteiger partial charge in [-0.2, -0.15) is 0 Å². The van der Waals surface area contributed by atoms with Crippen molar-refractivity contribution in [2.45, 2.75) is 6.61 Å². The molecule has 0 saturated heterocycles. The van der Waals surface area contributed by atoms with Crippen LogP contribution >= 0.6 is 15.9 Å². The van der Waals surface area contributed by atoms with Gasteiger partial charge in [0.05, 0.1) is 0 Å². The van der Waals surface area contributed by atoms with Crippen molar-refractivity contribution >= 4 is 27.8 Å². The number of carbonyl (C=O) groups is 1. The first kappa shape index (κ1) is 17.2. The molecule has 0 N–H and O–H groups in total. The molecule has 124 valence electrons. The Bertz CT molecular complexity index is 868. The van der Waals surface area contributed by atoms with E-state index in [-0.39, 0.29) is 5.78 Å². The number of halogens is 1. The standard InChI is InChI=1S/C22H17BrO2/c23-20-8-4-7-19(15-20)22(24)14-11-17-9-12-21(13-10-17)25-16-18-5-2-1-3-6-18/h1-15H,16H2/b14-11+. The predicted octanol–water partition coefficient (Wildman–Crippen LogP) is 5.92. The lowest BCUT2D eigenvalue weighted by atomic mass is 10.1. The summed E-state index contributed by atoms with van der Waals surface area (Å²) in [7, 11) is 0. The van der Waals surface area contributed by atoms with Gasteiger partial charge in [0.1, 0.15) is 12.4 Å². The number of allylic oxidation sites excluding steroid dienone is 1. The van der Waals surface area contributed by atoms with Gasteiger partial charge in [-0.15, -0.1) is 0 Å². The average Bonchev–Trinajstić information content (AvgIpc) is 2.66. The summed E-state index contributed by atoms with van der Waals surface area (Å²) in [6.07, 6.45) is 3.39. The van der Waals surface area contributed by atoms with Crippen LogP contribution in [0.15, 0.2) is 89.4 Å². The smallest absolute Gasteiger partial charge is 0.185 e. The number of hydrogen-bond donors (Lipinski definition) is 0. The highest BCUT2D eigenvalue weighted by molar-refractivity contribution is 9.10. The van der Waals surface area contributed by atoms with Crippen LogP contribution in [0.3, 0.4) is 0 Å².